The van der Waals surface area contributed by atoms with E-state index in [9.17, 15) is 24.1 Å². The van der Waals surface area contributed by atoms with Gasteiger partial charge in [0.25, 0.3) is 5.66 Å². The Morgan fingerprint density at radius 3 is 2.24 bits per heavy atom. The Morgan fingerprint density at radius 1 is 1.20 bits per heavy atom. The Balaban J connectivity index is 2.80. The van der Waals surface area contributed by atoms with E-state index in [2.05, 4.69) is 9.05 Å². The van der Waals surface area contributed by atoms with Gasteiger partial charge in [-0.25, -0.2) is 9.59 Å². The van der Waals surface area contributed by atoms with Crippen LogP contribution < -0.4 is 11.1 Å². The van der Waals surface area contributed by atoms with Gasteiger partial charge < -0.3 is 18.9 Å². The molecule has 0 saturated carbocycles. The van der Waals surface area contributed by atoms with Crippen molar-refractivity contribution in [3.8, 4) is 0 Å². The number of hydrogen-bond donors (Lipinski definition) is 3. The third kappa shape index (κ3) is 5.64. The molecule has 10 nitrogen and oxygen atoms in total. The second kappa shape index (κ2) is 8.72. The van der Waals surface area contributed by atoms with E-state index < -0.39 is 37.3 Å². The molecule has 1 amide bonds. The van der Waals surface area contributed by atoms with Crippen molar-refractivity contribution in [1.29, 1.82) is 0 Å². The summed E-state index contributed by atoms with van der Waals surface area (Å²) in [6.45, 7) is -0.162. The first-order chi connectivity index (χ1) is 11.7. The molecule has 1 aromatic carbocycles. The zero-order valence-corrected chi connectivity index (χ0v) is 14.5. The molecule has 0 aliphatic rings. The number of ketones is 1. The Bertz CT molecular complexity index is 673. The monoisotopic (exact) mass is 374 g/mol. The predicted octanol–water partition coefficient (Wildman–Crippen LogP) is 0.707. The van der Waals surface area contributed by atoms with E-state index in [0.29, 0.717) is 5.56 Å². The molecule has 0 saturated heterocycles. The fourth-order valence-electron chi connectivity index (χ4n) is 1.67. The van der Waals surface area contributed by atoms with Crippen molar-refractivity contribution in [2.24, 2.45) is 5.73 Å². The minimum Gasteiger partial charge on any atom is -0.478 e. The van der Waals surface area contributed by atoms with Crippen LogP contribution in [-0.2, 0) is 34.5 Å². The third-order valence-electron chi connectivity index (χ3n) is 3.18. The Kier molecular flexibility index (Phi) is 7.25. The van der Waals surface area contributed by atoms with Crippen LogP contribution in [0.3, 0.4) is 0 Å². The first kappa shape index (κ1) is 20.8. The molecule has 0 aliphatic carbocycles. The number of aliphatic carboxylic acids is 1. The number of alkyl carbamates (subject to hydrolysis) is 1. The number of amides is 1. The summed E-state index contributed by atoms with van der Waals surface area (Å²) in [5.74, 6) is -3.13. The van der Waals surface area contributed by atoms with Crippen molar-refractivity contribution in [2.45, 2.75) is 12.3 Å². The lowest BCUT2D eigenvalue weighted by Crippen LogP contribution is -2.67. The van der Waals surface area contributed by atoms with Crippen LogP contribution in [-0.4, -0.2) is 49.0 Å². The number of Topliss-reactive ketones (excluding diaryl/α,β-unsaturated/α-hetero) is 1. The summed E-state index contributed by atoms with van der Waals surface area (Å²) in [6.07, 6.45) is -2.17. The quantitative estimate of drug-likeness (QED) is 0.322. The fraction of sp³-hybridized carbons (Fsp3) is 0.357. The number of rotatable bonds is 9. The summed E-state index contributed by atoms with van der Waals surface area (Å²) < 4.78 is 25.9. The standard InChI is InChI=1S/C14H19N2O8P/c1-22-25(21,23-2)9-11(17)14(15,12(18)19)16-13(20)24-8-10-6-4-3-5-7-10/h3-7H,8-9,15H2,1-2H3,(H,16,20)(H,18,19)/t14-/m1/s1. The number of hydrogen-bond acceptors (Lipinski definition) is 8. The highest BCUT2D eigenvalue weighted by molar-refractivity contribution is 7.54. The van der Waals surface area contributed by atoms with Crippen LogP contribution in [0, 0.1) is 0 Å². The second-order valence-corrected chi connectivity index (χ2v) is 7.13. The molecule has 0 aliphatic heterocycles. The van der Waals surface area contributed by atoms with E-state index in [-0.39, 0.29) is 6.61 Å². The summed E-state index contributed by atoms with van der Waals surface area (Å²) >= 11 is 0. The van der Waals surface area contributed by atoms with Crippen LogP contribution in [0.4, 0.5) is 4.79 Å². The third-order valence-corrected chi connectivity index (χ3v) is 4.97. The molecule has 138 valence electrons. The van der Waals surface area contributed by atoms with Gasteiger partial charge >= 0.3 is 19.7 Å². The molecule has 1 atom stereocenters. The van der Waals surface area contributed by atoms with Crippen LogP contribution in [0.15, 0.2) is 30.3 Å². The van der Waals surface area contributed by atoms with E-state index in [1.807, 2.05) is 0 Å². The lowest BCUT2D eigenvalue weighted by molar-refractivity contribution is -0.149. The molecule has 11 heteroatoms. The smallest absolute Gasteiger partial charge is 0.409 e. The van der Waals surface area contributed by atoms with Crippen molar-refractivity contribution < 1.29 is 37.8 Å². The van der Waals surface area contributed by atoms with Gasteiger partial charge in [0.2, 0.25) is 0 Å². The maximum atomic E-state index is 12.1. The zero-order chi connectivity index (χ0) is 19.1. The normalized spacial score (nSPS) is 13.6. The van der Waals surface area contributed by atoms with Gasteiger partial charge in [-0.05, 0) is 5.56 Å². The van der Waals surface area contributed by atoms with Crippen molar-refractivity contribution in [3.63, 3.8) is 0 Å². The summed E-state index contributed by atoms with van der Waals surface area (Å²) in [5.41, 5.74) is 3.27. The number of carboxylic acids is 1. The number of benzene rings is 1. The number of ether oxygens (including phenoxy) is 1. The maximum Gasteiger partial charge on any atom is 0.409 e. The topological polar surface area (TPSA) is 154 Å². The van der Waals surface area contributed by atoms with E-state index >= 15 is 0 Å². The number of carboxylic acid groups (broad SMARTS) is 1. The van der Waals surface area contributed by atoms with Gasteiger partial charge in [-0.3, -0.25) is 20.4 Å². The Morgan fingerprint density at radius 2 is 1.76 bits per heavy atom. The van der Waals surface area contributed by atoms with E-state index in [4.69, 9.17) is 10.5 Å². The molecule has 0 fully saturated rings. The molecule has 0 unspecified atom stereocenters. The second-order valence-electron chi connectivity index (χ2n) is 4.86. The molecular weight excluding hydrogens is 355 g/mol. The van der Waals surface area contributed by atoms with Crippen molar-refractivity contribution in [1.82, 2.24) is 5.32 Å². The molecule has 0 spiro atoms. The van der Waals surface area contributed by atoms with Crippen LogP contribution in [0.1, 0.15) is 5.56 Å². The molecule has 1 rings (SSSR count). The number of nitrogens with two attached hydrogens (primary N) is 1. The van der Waals surface area contributed by atoms with E-state index in [1.165, 1.54) is 0 Å². The van der Waals surface area contributed by atoms with E-state index in [1.54, 1.807) is 35.6 Å². The fourth-order valence-corrected chi connectivity index (χ4v) is 2.68. The molecule has 0 heterocycles. The highest BCUT2D eigenvalue weighted by Gasteiger charge is 2.47. The maximum absolute atomic E-state index is 12.1. The zero-order valence-electron chi connectivity index (χ0n) is 13.6. The number of carbonyl (C=O) groups excluding carboxylic acids is 2. The van der Waals surface area contributed by atoms with Gasteiger partial charge in [-0.2, -0.15) is 0 Å². The average Bonchev–Trinajstić information content (AvgIpc) is 2.60. The average molecular weight is 374 g/mol. The lowest BCUT2D eigenvalue weighted by atomic mass is 10.1. The minimum absolute atomic E-state index is 0.162. The first-order valence-electron chi connectivity index (χ1n) is 6.92. The summed E-state index contributed by atoms with van der Waals surface area (Å²) in [4.78, 5) is 35.3. The van der Waals surface area contributed by atoms with Gasteiger partial charge in [0.1, 0.15) is 12.8 Å². The predicted molar refractivity (Wildman–Crippen MR) is 85.8 cm³/mol. The van der Waals surface area contributed by atoms with Crippen LogP contribution >= 0.6 is 7.60 Å². The molecule has 0 radical (unpaired) electrons. The molecule has 0 bridgehead atoms. The van der Waals surface area contributed by atoms with Gasteiger partial charge in [0, 0.05) is 14.2 Å². The van der Waals surface area contributed by atoms with Gasteiger partial charge in [-0.1, -0.05) is 30.3 Å². The molecule has 4 N–H and O–H groups in total. The number of carbonyl (C=O) groups is 3. The SMILES string of the molecule is COP(=O)(CC(=O)[C@@](N)(NC(=O)OCc1ccccc1)C(=O)O)OC. The van der Waals surface area contributed by atoms with Gasteiger partial charge in [0.05, 0.1) is 0 Å². The Labute approximate surface area is 143 Å². The lowest BCUT2D eigenvalue weighted by Gasteiger charge is -2.25. The van der Waals surface area contributed by atoms with Gasteiger partial charge in [-0.15, -0.1) is 0 Å². The summed E-state index contributed by atoms with van der Waals surface area (Å²) in [5, 5.41) is 11.0. The molecular formula is C14H19N2O8P. The van der Waals surface area contributed by atoms with Crippen molar-refractivity contribution >= 4 is 25.4 Å². The van der Waals surface area contributed by atoms with Crippen molar-refractivity contribution in [3.05, 3.63) is 35.9 Å². The summed E-state index contributed by atoms with van der Waals surface area (Å²) in [7, 11) is -1.81. The van der Waals surface area contributed by atoms with E-state index in [0.717, 1.165) is 14.2 Å². The Hall–Kier alpha value is -2.26. The molecule has 1 aromatic rings. The summed E-state index contributed by atoms with van der Waals surface area (Å²) in [6, 6.07) is 8.56. The molecule has 25 heavy (non-hydrogen) atoms. The van der Waals surface area contributed by atoms with Gasteiger partial charge in [0.15, 0.2) is 5.78 Å². The number of nitrogens with one attached hydrogen (secondary N) is 1. The minimum atomic E-state index is -3.87. The highest BCUT2D eigenvalue weighted by Crippen LogP contribution is 2.46. The first-order valence-corrected chi connectivity index (χ1v) is 8.64. The van der Waals surface area contributed by atoms with Crippen LogP contribution in [0.2, 0.25) is 0 Å². The largest absolute Gasteiger partial charge is 0.478 e. The van der Waals surface area contributed by atoms with Crippen molar-refractivity contribution in [2.75, 3.05) is 20.4 Å². The van der Waals surface area contributed by atoms with Crippen LogP contribution in [0.25, 0.3) is 0 Å². The molecule has 0 aromatic heterocycles. The highest BCUT2D eigenvalue weighted by atomic mass is 31.2. The van der Waals surface area contributed by atoms with Crippen LogP contribution in [0.5, 0.6) is 0 Å².